The summed E-state index contributed by atoms with van der Waals surface area (Å²) in [5.74, 6) is 0. The molecule has 0 amide bonds. The summed E-state index contributed by atoms with van der Waals surface area (Å²) < 4.78 is 11.7. The average Bonchev–Trinajstić information content (AvgIpc) is 2.22. The summed E-state index contributed by atoms with van der Waals surface area (Å²) in [6.07, 6.45) is 1.00. The van der Waals surface area contributed by atoms with E-state index >= 15 is 0 Å². The summed E-state index contributed by atoms with van der Waals surface area (Å²) in [5.41, 5.74) is 0. The number of likely N-dealkylation sites (N-methyl/N-ethyl adjacent to an activating group) is 1. The summed E-state index contributed by atoms with van der Waals surface area (Å²) >= 11 is 0. The maximum absolute atomic E-state index is 5.86. The molecule has 0 bridgehead atoms. The molecule has 5 heteroatoms. The van der Waals surface area contributed by atoms with Crippen LogP contribution in [-0.2, 0) is 8.85 Å². The summed E-state index contributed by atoms with van der Waals surface area (Å²) in [6, 6.07) is 0. The van der Waals surface area contributed by atoms with Gasteiger partial charge in [0.05, 0.1) is 0 Å². The molecule has 0 N–H and O–H groups in total. The zero-order valence-electron chi connectivity index (χ0n) is 11.2. The normalized spacial score (nSPS) is 20.2. The monoisotopic (exact) mass is 246 g/mol. The molecule has 0 aromatic rings. The lowest BCUT2D eigenvalue weighted by Gasteiger charge is -2.37. The maximum atomic E-state index is 5.86. The Morgan fingerprint density at radius 2 is 1.50 bits per heavy atom. The summed E-state index contributed by atoms with van der Waals surface area (Å²) in [5, 5.41) is 0. The molecule has 0 saturated carbocycles. The Hall–Kier alpha value is 0.0569. The first-order chi connectivity index (χ1) is 7.59. The van der Waals surface area contributed by atoms with Gasteiger partial charge in [-0.2, -0.15) is 0 Å². The fourth-order valence-electron chi connectivity index (χ4n) is 2.16. The van der Waals surface area contributed by atoms with Crippen LogP contribution in [0.2, 0.25) is 6.55 Å². The molecule has 0 radical (unpaired) electrons. The molecule has 0 aliphatic carbocycles. The smallest absolute Gasteiger partial charge is 0.349 e. The van der Waals surface area contributed by atoms with Crippen LogP contribution in [0.4, 0.5) is 0 Å². The van der Waals surface area contributed by atoms with Gasteiger partial charge in [0, 0.05) is 45.6 Å². The Morgan fingerprint density at radius 1 is 1.00 bits per heavy atom. The van der Waals surface area contributed by atoms with E-state index in [0.29, 0.717) is 0 Å². The molecule has 1 heterocycles. The standard InChI is InChI=1S/C11H26N2O2Si/c1-5-14-16(4,15-6-2)11-13-9-7-12(3)8-10-13/h5-11H2,1-4H3. The molecule has 1 aliphatic rings. The van der Waals surface area contributed by atoms with Gasteiger partial charge < -0.3 is 13.8 Å². The molecule has 0 atom stereocenters. The number of nitrogens with zero attached hydrogens (tertiary/aromatic N) is 2. The minimum atomic E-state index is -1.95. The Morgan fingerprint density at radius 3 is 1.94 bits per heavy atom. The molecular weight excluding hydrogens is 220 g/mol. The zero-order chi connectivity index (χ0) is 12.0. The van der Waals surface area contributed by atoms with Gasteiger partial charge in [-0.1, -0.05) is 0 Å². The topological polar surface area (TPSA) is 24.9 Å². The van der Waals surface area contributed by atoms with Crippen molar-refractivity contribution in [3.8, 4) is 0 Å². The molecule has 0 aromatic heterocycles. The predicted molar refractivity (Wildman–Crippen MR) is 68.8 cm³/mol. The second-order valence-electron chi connectivity index (χ2n) is 4.58. The van der Waals surface area contributed by atoms with Gasteiger partial charge >= 0.3 is 8.56 Å². The van der Waals surface area contributed by atoms with Crippen LogP contribution < -0.4 is 0 Å². The van der Waals surface area contributed by atoms with Crippen molar-refractivity contribution >= 4 is 8.56 Å². The van der Waals surface area contributed by atoms with Crippen LogP contribution in [0.15, 0.2) is 0 Å². The third-order valence-electron chi connectivity index (χ3n) is 3.01. The van der Waals surface area contributed by atoms with E-state index in [0.717, 1.165) is 45.6 Å². The van der Waals surface area contributed by atoms with Crippen LogP contribution in [0.25, 0.3) is 0 Å². The third kappa shape index (κ3) is 4.51. The summed E-state index contributed by atoms with van der Waals surface area (Å²) in [7, 11) is 0.228. The first-order valence-electron chi connectivity index (χ1n) is 6.28. The van der Waals surface area contributed by atoms with E-state index < -0.39 is 8.56 Å². The molecule has 16 heavy (non-hydrogen) atoms. The maximum Gasteiger partial charge on any atom is 0.349 e. The lowest BCUT2D eigenvalue weighted by molar-refractivity contribution is 0.131. The van der Waals surface area contributed by atoms with Gasteiger partial charge in [0.25, 0.3) is 0 Å². The van der Waals surface area contributed by atoms with E-state index in [9.17, 15) is 0 Å². The Kier molecular flexibility index (Phi) is 5.92. The highest BCUT2D eigenvalue weighted by atomic mass is 28.4. The first kappa shape index (κ1) is 14.1. The van der Waals surface area contributed by atoms with Gasteiger partial charge in [-0.25, -0.2) is 0 Å². The van der Waals surface area contributed by atoms with Gasteiger partial charge in [0.15, 0.2) is 0 Å². The van der Waals surface area contributed by atoms with Crippen molar-refractivity contribution in [2.45, 2.75) is 20.4 Å². The lowest BCUT2D eigenvalue weighted by Crippen LogP contribution is -2.55. The van der Waals surface area contributed by atoms with E-state index in [1.165, 1.54) is 0 Å². The van der Waals surface area contributed by atoms with Gasteiger partial charge in [0.2, 0.25) is 0 Å². The molecule has 96 valence electrons. The van der Waals surface area contributed by atoms with E-state index in [2.05, 4.69) is 23.4 Å². The molecule has 4 nitrogen and oxygen atoms in total. The highest BCUT2D eigenvalue weighted by molar-refractivity contribution is 6.66. The predicted octanol–water partition coefficient (Wildman–Crippen LogP) is 0.918. The van der Waals surface area contributed by atoms with Gasteiger partial charge in [-0.05, 0) is 27.4 Å². The molecule has 1 aliphatic heterocycles. The van der Waals surface area contributed by atoms with Crippen LogP contribution in [0.5, 0.6) is 0 Å². The van der Waals surface area contributed by atoms with Crippen molar-refractivity contribution in [2.75, 3.05) is 52.6 Å². The minimum absolute atomic E-state index is 0.760. The van der Waals surface area contributed by atoms with Crippen molar-refractivity contribution in [3.63, 3.8) is 0 Å². The number of piperazine rings is 1. The number of hydrogen-bond donors (Lipinski definition) is 0. The summed E-state index contributed by atoms with van der Waals surface area (Å²) in [6.45, 7) is 12.4. The Labute approximate surface area is 101 Å². The van der Waals surface area contributed by atoms with Crippen molar-refractivity contribution in [1.82, 2.24) is 9.80 Å². The fourth-order valence-corrected chi connectivity index (χ4v) is 4.77. The van der Waals surface area contributed by atoms with Gasteiger partial charge in [0.1, 0.15) is 0 Å². The van der Waals surface area contributed by atoms with E-state index in [4.69, 9.17) is 8.85 Å². The van der Waals surface area contributed by atoms with Crippen LogP contribution >= 0.6 is 0 Å². The molecular formula is C11H26N2O2Si. The Bertz CT molecular complexity index is 190. The zero-order valence-corrected chi connectivity index (χ0v) is 12.2. The van der Waals surface area contributed by atoms with Crippen molar-refractivity contribution in [2.24, 2.45) is 0 Å². The minimum Gasteiger partial charge on any atom is -0.394 e. The van der Waals surface area contributed by atoms with Gasteiger partial charge in [-0.3, -0.25) is 4.90 Å². The van der Waals surface area contributed by atoms with E-state index in [1.807, 2.05) is 13.8 Å². The quantitative estimate of drug-likeness (QED) is 0.651. The number of rotatable bonds is 6. The molecule has 1 rings (SSSR count). The second-order valence-corrected chi connectivity index (χ2v) is 7.74. The molecule has 0 unspecified atom stereocenters. The highest BCUT2D eigenvalue weighted by Crippen LogP contribution is 2.11. The van der Waals surface area contributed by atoms with Crippen molar-refractivity contribution in [1.29, 1.82) is 0 Å². The first-order valence-corrected chi connectivity index (χ1v) is 8.81. The van der Waals surface area contributed by atoms with Crippen LogP contribution in [0, 0.1) is 0 Å². The lowest BCUT2D eigenvalue weighted by atomic mass is 10.4. The van der Waals surface area contributed by atoms with E-state index in [-0.39, 0.29) is 0 Å². The third-order valence-corrected chi connectivity index (χ3v) is 5.83. The van der Waals surface area contributed by atoms with Crippen LogP contribution in [-0.4, -0.2) is 71.0 Å². The second kappa shape index (κ2) is 6.71. The highest BCUT2D eigenvalue weighted by Gasteiger charge is 2.34. The molecule has 0 aromatic carbocycles. The summed E-state index contributed by atoms with van der Waals surface area (Å²) in [4.78, 5) is 4.86. The largest absolute Gasteiger partial charge is 0.394 e. The number of hydrogen-bond acceptors (Lipinski definition) is 4. The van der Waals surface area contributed by atoms with Crippen LogP contribution in [0.1, 0.15) is 13.8 Å². The fraction of sp³-hybridized carbons (Fsp3) is 1.00. The molecule has 0 spiro atoms. The van der Waals surface area contributed by atoms with Crippen molar-refractivity contribution in [3.05, 3.63) is 0 Å². The van der Waals surface area contributed by atoms with Crippen LogP contribution in [0.3, 0.4) is 0 Å². The Balaban J connectivity index is 2.41. The SMILES string of the molecule is CCO[Si](C)(CN1CCN(C)CC1)OCC. The van der Waals surface area contributed by atoms with Gasteiger partial charge in [-0.15, -0.1) is 0 Å². The average molecular weight is 246 g/mol. The van der Waals surface area contributed by atoms with Crippen molar-refractivity contribution < 1.29 is 8.85 Å². The van der Waals surface area contributed by atoms with E-state index in [1.54, 1.807) is 0 Å². The molecule has 1 saturated heterocycles. The molecule has 1 fully saturated rings.